The molecule has 0 aliphatic rings. The maximum absolute atomic E-state index is 8.96. The molecule has 0 amide bonds. The molecule has 0 saturated carbocycles. The molecule has 0 aliphatic heterocycles. The van der Waals surface area contributed by atoms with E-state index in [9.17, 15) is 0 Å². The molecule has 0 spiro atoms. The van der Waals surface area contributed by atoms with Crippen LogP contribution in [0.1, 0.15) is 13.8 Å². The molecular formula is C12H15ClN2S. The predicted octanol–water partition coefficient (Wildman–Crippen LogP) is 3.32. The van der Waals surface area contributed by atoms with Gasteiger partial charge in [0, 0.05) is 16.7 Å². The van der Waals surface area contributed by atoms with Gasteiger partial charge in [-0.3, -0.25) is 5.32 Å². The van der Waals surface area contributed by atoms with Gasteiger partial charge in [-0.1, -0.05) is 23.7 Å². The highest BCUT2D eigenvalue weighted by atomic mass is 35.5. The monoisotopic (exact) mass is 254 g/mol. The Balaban J connectivity index is 2.50. The Bertz CT molecular complexity index is 374. The summed E-state index contributed by atoms with van der Waals surface area (Å²) in [5, 5.41) is 12.9. The van der Waals surface area contributed by atoms with E-state index in [1.54, 1.807) is 11.8 Å². The van der Waals surface area contributed by atoms with Crippen LogP contribution in [0.25, 0.3) is 0 Å². The van der Waals surface area contributed by atoms with Crippen LogP contribution in [0.15, 0.2) is 29.2 Å². The van der Waals surface area contributed by atoms with Crippen molar-refractivity contribution in [2.75, 3.05) is 5.75 Å². The highest BCUT2D eigenvalue weighted by Gasteiger charge is 2.09. The summed E-state index contributed by atoms with van der Waals surface area (Å²) in [5.41, 5.74) is 0. The molecule has 0 aromatic heterocycles. The molecule has 0 radical (unpaired) electrons. The first-order chi connectivity index (χ1) is 7.63. The molecule has 16 heavy (non-hydrogen) atoms. The summed E-state index contributed by atoms with van der Waals surface area (Å²) in [5.74, 6) is 0.707. The van der Waals surface area contributed by atoms with Crippen molar-refractivity contribution < 1.29 is 0 Å². The van der Waals surface area contributed by atoms with E-state index in [1.807, 2.05) is 38.1 Å². The van der Waals surface area contributed by atoms with E-state index in [-0.39, 0.29) is 6.04 Å². The molecule has 0 saturated heterocycles. The van der Waals surface area contributed by atoms with Crippen molar-refractivity contribution in [2.24, 2.45) is 0 Å². The van der Waals surface area contributed by atoms with Crippen LogP contribution in [-0.4, -0.2) is 17.8 Å². The quantitative estimate of drug-likeness (QED) is 0.819. The number of hydrogen-bond acceptors (Lipinski definition) is 3. The zero-order valence-electron chi connectivity index (χ0n) is 9.40. The van der Waals surface area contributed by atoms with Crippen molar-refractivity contribution in [1.82, 2.24) is 5.32 Å². The molecule has 86 valence electrons. The Hall–Kier alpha value is -0.690. The van der Waals surface area contributed by atoms with Crippen LogP contribution in [0.2, 0.25) is 5.02 Å². The van der Waals surface area contributed by atoms with E-state index < -0.39 is 0 Å². The third-order valence-electron chi connectivity index (χ3n) is 1.93. The van der Waals surface area contributed by atoms with Crippen LogP contribution in [0.4, 0.5) is 0 Å². The van der Waals surface area contributed by atoms with E-state index in [2.05, 4.69) is 11.4 Å². The summed E-state index contributed by atoms with van der Waals surface area (Å²) in [4.78, 5) is 1.02. The Kier molecular flexibility index (Phi) is 5.68. The zero-order chi connectivity index (χ0) is 12.0. The molecule has 1 rings (SSSR count). The van der Waals surface area contributed by atoms with Crippen molar-refractivity contribution in [3.05, 3.63) is 29.3 Å². The van der Waals surface area contributed by atoms with Gasteiger partial charge in [-0.25, -0.2) is 0 Å². The lowest BCUT2D eigenvalue weighted by molar-refractivity contribution is 0.560. The average Bonchev–Trinajstić information content (AvgIpc) is 2.25. The van der Waals surface area contributed by atoms with E-state index in [1.165, 1.54) is 0 Å². The van der Waals surface area contributed by atoms with E-state index >= 15 is 0 Å². The molecule has 1 unspecified atom stereocenters. The Labute approximate surface area is 106 Å². The van der Waals surface area contributed by atoms with Gasteiger partial charge in [-0.15, -0.1) is 11.8 Å². The molecule has 0 aliphatic carbocycles. The molecule has 1 aromatic rings. The van der Waals surface area contributed by atoms with E-state index in [4.69, 9.17) is 16.9 Å². The maximum Gasteiger partial charge on any atom is 0.105 e. The highest BCUT2D eigenvalue weighted by Crippen LogP contribution is 2.26. The van der Waals surface area contributed by atoms with Crippen molar-refractivity contribution >= 4 is 23.4 Å². The minimum absolute atomic E-state index is 0.138. The van der Waals surface area contributed by atoms with Crippen molar-refractivity contribution in [3.63, 3.8) is 0 Å². The Morgan fingerprint density at radius 1 is 1.44 bits per heavy atom. The summed E-state index contributed by atoms with van der Waals surface area (Å²) in [6.45, 7) is 4.06. The summed E-state index contributed by atoms with van der Waals surface area (Å²) in [6, 6.07) is 10.1. The normalized spacial score (nSPS) is 12.4. The van der Waals surface area contributed by atoms with Crippen LogP contribution >= 0.6 is 23.4 Å². The summed E-state index contributed by atoms with van der Waals surface area (Å²) in [6.07, 6.45) is 0. The van der Waals surface area contributed by atoms with Gasteiger partial charge in [0.25, 0.3) is 0 Å². The lowest BCUT2D eigenvalue weighted by atomic mass is 10.3. The largest absolute Gasteiger partial charge is 0.299 e. The van der Waals surface area contributed by atoms with Gasteiger partial charge in [-0.05, 0) is 26.0 Å². The third-order valence-corrected chi connectivity index (χ3v) is 3.54. The van der Waals surface area contributed by atoms with Crippen molar-refractivity contribution in [2.45, 2.75) is 30.8 Å². The van der Waals surface area contributed by atoms with E-state index in [0.29, 0.717) is 11.8 Å². The molecule has 0 fully saturated rings. The first-order valence-electron chi connectivity index (χ1n) is 5.16. The molecule has 1 aromatic carbocycles. The maximum atomic E-state index is 8.96. The summed E-state index contributed by atoms with van der Waals surface area (Å²) >= 11 is 7.64. The van der Waals surface area contributed by atoms with Crippen molar-refractivity contribution in [1.29, 1.82) is 5.26 Å². The van der Waals surface area contributed by atoms with Gasteiger partial charge in [-0.2, -0.15) is 5.26 Å². The minimum Gasteiger partial charge on any atom is -0.299 e. The molecule has 2 nitrogen and oxygen atoms in total. The van der Waals surface area contributed by atoms with Gasteiger partial charge in [0.15, 0.2) is 0 Å². The summed E-state index contributed by atoms with van der Waals surface area (Å²) < 4.78 is 0. The number of halogens is 1. The topological polar surface area (TPSA) is 35.8 Å². The Morgan fingerprint density at radius 2 is 2.12 bits per heavy atom. The number of benzene rings is 1. The molecule has 0 bridgehead atoms. The van der Waals surface area contributed by atoms with Gasteiger partial charge < -0.3 is 0 Å². The van der Waals surface area contributed by atoms with Gasteiger partial charge in [0.2, 0.25) is 0 Å². The molecule has 4 heteroatoms. The highest BCUT2D eigenvalue weighted by molar-refractivity contribution is 7.99. The number of nitrogens with one attached hydrogen (secondary N) is 1. The lowest BCUT2D eigenvalue weighted by Gasteiger charge is -2.14. The van der Waals surface area contributed by atoms with Crippen LogP contribution in [0.5, 0.6) is 0 Å². The molecule has 1 atom stereocenters. The number of rotatable bonds is 5. The first kappa shape index (κ1) is 13.4. The second kappa shape index (κ2) is 6.80. The van der Waals surface area contributed by atoms with Crippen LogP contribution in [-0.2, 0) is 0 Å². The zero-order valence-corrected chi connectivity index (χ0v) is 11.0. The number of thioether (sulfide) groups is 1. The van der Waals surface area contributed by atoms with Gasteiger partial charge in [0.05, 0.1) is 11.1 Å². The van der Waals surface area contributed by atoms with Crippen molar-refractivity contribution in [3.8, 4) is 6.07 Å². The number of nitriles is 1. The lowest BCUT2D eigenvalue weighted by Crippen LogP contribution is -2.35. The fourth-order valence-electron chi connectivity index (χ4n) is 1.26. The molecule has 0 heterocycles. The first-order valence-corrected chi connectivity index (χ1v) is 6.53. The number of hydrogen-bond donors (Lipinski definition) is 1. The summed E-state index contributed by atoms with van der Waals surface area (Å²) in [7, 11) is 0. The van der Waals surface area contributed by atoms with Crippen LogP contribution < -0.4 is 5.32 Å². The van der Waals surface area contributed by atoms with E-state index in [0.717, 1.165) is 9.92 Å². The standard InChI is InChI=1S/C12H15ClN2S/c1-9(2)15-10(7-14)8-16-12-6-4-3-5-11(12)13/h3-6,9-10,15H,8H2,1-2H3. The SMILES string of the molecule is CC(C)NC(C#N)CSc1ccccc1Cl. The molecule has 1 N–H and O–H groups in total. The fraction of sp³-hybridized carbons (Fsp3) is 0.417. The third kappa shape index (κ3) is 4.44. The second-order valence-corrected chi connectivity index (χ2v) is 5.21. The molecular weight excluding hydrogens is 240 g/mol. The van der Waals surface area contributed by atoms with Gasteiger partial charge in [0.1, 0.15) is 6.04 Å². The average molecular weight is 255 g/mol. The number of nitrogens with zero attached hydrogens (tertiary/aromatic N) is 1. The second-order valence-electron chi connectivity index (χ2n) is 3.74. The van der Waals surface area contributed by atoms with Crippen LogP contribution in [0, 0.1) is 11.3 Å². The van der Waals surface area contributed by atoms with Gasteiger partial charge >= 0.3 is 0 Å². The minimum atomic E-state index is -0.138. The predicted molar refractivity (Wildman–Crippen MR) is 69.8 cm³/mol. The Morgan fingerprint density at radius 3 is 2.69 bits per heavy atom. The smallest absolute Gasteiger partial charge is 0.105 e. The van der Waals surface area contributed by atoms with Crippen LogP contribution in [0.3, 0.4) is 0 Å². The fourth-order valence-corrected chi connectivity index (χ4v) is 2.46.